The van der Waals surface area contributed by atoms with Crippen LogP contribution in [-0.4, -0.2) is 20.5 Å². The van der Waals surface area contributed by atoms with Crippen molar-refractivity contribution in [2.45, 2.75) is 26.7 Å². The van der Waals surface area contributed by atoms with E-state index in [1.807, 2.05) is 26.0 Å². The van der Waals surface area contributed by atoms with Crippen molar-refractivity contribution in [2.75, 3.05) is 5.32 Å². The second kappa shape index (κ2) is 8.24. The molecule has 0 aliphatic heterocycles. The van der Waals surface area contributed by atoms with Crippen molar-refractivity contribution in [1.29, 1.82) is 0 Å². The number of hydrogen-bond acceptors (Lipinski definition) is 3. The molecule has 0 saturated heterocycles. The average molecular weight is 423 g/mol. The van der Waals surface area contributed by atoms with E-state index in [0.29, 0.717) is 40.5 Å². The third-order valence-corrected chi connectivity index (χ3v) is 5.27. The van der Waals surface area contributed by atoms with Gasteiger partial charge in [0.25, 0.3) is 0 Å². The maximum absolute atomic E-state index is 13.6. The lowest BCUT2D eigenvalue weighted by Gasteiger charge is -2.11. The van der Waals surface area contributed by atoms with Crippen molar-refractivity contribution >= 4 is 28.8 Å². The fourth-order valence-corrected chi connectivity index (χ4v) is 3.60. The van der Waals surface area contributed by atoms with Gasteiger partial charge < -0.3 is 5.32 Å². The van der Waals surface area contributed by atoms with Gasteiger partial charge in [0.1, 0.15) is 5.82 Å². The minimum absolute atomic E-state index is 0.0860. The fraction of sp³-hybridized carbons (Fsp3) is 0.174. The first-order valence-electron chi connectivity index (χ1n) is 9.58. The van der Waals surface area contributed by atoms with Crippen LogP contribution in [0, 0.1) is 19.7 Å². The molecular formula is C23H20ClFN4O. The minimum atomic E-state index is -0.308. The molecule has 5 nitrogen and oxygen atoms in total. The Bertz CT molecular complexity index is 1230. The zero-order valence-electron chi connectivity index (χ0n) is 16.6. The lowest BCUT2D eigenvalue weighted by molar-refractivity contribution is -0.116. The number of fused-ring (bicyclic) bond motifs is 1. The van der Waals surface area contributed by atoms with Gasteiger partial charge in [-0.15, -0.1) is 0 Å². The number of nitrogens with one attached hydrogen (secondary N) is 1. The molecule has 2 aromatic carbocycles. The van der Waals surface area contributed by atoms with Gasteiger partial charge in [-0.3, -0.25) is 4.79 Å². The third kappa shape index (κ3) is 4.19. The molecule has 0 radical (unpaired) electrons. The predicted octanol–water partition coefficient (Wildman–Crippen LogP) is 5.38. The second-order valence-corrected chi connectivity index (χ2v) is 7.56. The summed E-state index contributed by atoms with van der Waals surface area (Å²) in [6.07, 6.45) is 0.852. The Morgan fingerprint density at radius 1 is 1.13 bits per heavy atom. The van der Waals surface area contributed by atoms with Gasteiger partial charge in [-0.1, -0.05) is 23.7 Å². The van der Waals surface area contributed by atoms with Gasteiger partial charge in [-0.2, -0.15) is 5.10 Å². The molecule has 0 aliphatic carbocycles. The minimum Gasteiger partial charge on any atom is -0.326 e. The monoisotopic (exact) mass is 422 g/mol. The molecule has 7 heteroatoms. The summed E-state index contributed by atoms with van der Waals surface area (Å²) in [5, 5.41) is 8.09. The lowest BCUT2D eigenvalue weighted by Crippen LogP contribution is -2.14. The van der Waals surface area contributed by atoms with Crippen molar-refractivity contribution in [2.24, 2.45) is 0 Å². The molecule has 4 rings (SSSR count). The fourth-order valence-electron chi connectivity index (χ4n) is 3.47. The van der Waals surface area contributed by atoms with Crippen molar-refractivity contribution in [3.8, 4) is 11.3 Å². The van der Waals surface area contributed by atoms with Gasteiger partial charge in [0.15, 0.2) is 5.65 Å². The number of nitrogens with zero attached hydrogens (tertiary/aromatic N) is 3. The standard InChI is InChI=1S/C23H20ClFN4O/c1-14-20(10-11-23(30)27-19-8-6-17(24)7-9-19)15(2)29-22(26-14)13-21(28-29)16-4-3-5-18(25)12-16/h3-9,12-13H,10-11H2,1-2H3,(H,27,30). The molecule has 2 heterocycles. The summed E-state index contributed by atoms with van der Waals surface area (Å²) in [4.78, 5) is 17.0. The van der Waals surface area contributed by atoms with Crippen molar-refractivity contribution in [3.63, 3.8) is 0 Å². The van der Waals surface area contributed by atoms with Crippen LogP contribution in [0.3, 0.4) is 0 Å². The Kier molecular flexibility index (Phi) is 5.50. The molecular weight excluding hydrogens is 403 g/mol. The van der Waals surface area contributed by atoms with Crippen LogP contribution in [0.1, 0.15) is 23.4 Å². The number of hydrogen-bond donors (Lipinski definition) is 1. The van der Waals surface area contributed by atoms with E-state index in [2.05, 4.69) is 15.4 Å². The van der Waals surface area contributed by atoms with Crippen LogP contribution in [-0.2, 0) is 11.2 Å². The lowest BCUT2D eigenvalue weighted by atomic mass is 10.1. The normalized spacial score (nSPS) is 11.1. The molecule has 0 unspecified atom stereocenters. The quantitative estimate of drug-likeness (QED) is 0.470. The average Bonchev–Trinajstić information content (AvgIpc) is 3.14. The van der Waals surface area contributed by atoms with Crippen molar-refractivity contribution in [3.05, 3.63) is 82.4 Å². The number of halogens is 2. The number of rotatable bonds is 5. The summed E-state index contributed by atoms with van der Waals surface area (Å²) >= 11 is 5.87. The number of anilines is 1. The zero-order valence-corrected chi connectivity index (χ0v) is 17.4. The highest BCUT2D eigenvalue weighted by molar-refractivity contribution is 6.30. The molecule has 0 bridgehead atoms. The number of amides is 1. The van der Waals surface area contributed by atoms with E-state index in [9.17, 15) is 9.18 Å². The molecule has 1 N–H and O–H groups in total. The summed E-state index contributed by atoms with van der Waals surface area (Å²) in [5.74, 6) is -0.394. The van der Waals surface area contributed by atoms with Crippen molar-refractivity contribution < 1.29 is 9.18 Å². The molecule has 4 aromatic rings. The molecule has 2 aromatic heterocycles. The van der Waals surface area contributed by atoms with Crippen LogP contribution >= 0.6 is 11.6 Å². The predicted molar refractivity (Wildman–Crippen MR) is 116 cm³/mol. The first kappa shape index (κ1) is 20.0. The van der Waals surface area contributed by atoms with E-state index in [0.717, 1.165) is 17.0 Å². The van der Waals surface area contributed by atoms with Gasteiger partial charge in [-0.25, -0.2) is 13.9 Å². The number of aryl methyl sites for hydroxylation is 2. The zero-order chi connectivity index (χ0) is 21.3. The van der Waals surface area contributed by atoms with Crippen LogP contribution in [0.5, 0.6) is 0 Å². The molecule has 0 atom stereocenters. The third-order valence-electron chi connectivity index (χ3n) is 5.01. The Hall–Kier alpha value is -3.25. The number of carbonyl (C=O) groups is 1. The highest BCUT2D eigenvalue weighted by Gasteiger charge is 2.14. The topological polar surface area (TPSA) is 59.3 Å². The first-order chi connectivity index (χ1) is 14.4. The molecule has 0 saturated carbocycles. The molecule has 30 heavy (non-hydrogen) atoms. The van der Waals surface area contributed by atoms with Gasteiger partial charge in [-0.05, 0) is 62.2 Å². The first-order valence-corrected chi connectivity index (χ1v) is 9.96. The summed E-state index contributed by atoms with van der Waals surface area (Å²) in [6, 6.07) is 15.2. The molecule has 1 amide bonds. The van der Waals surface area contributed by atoms with E-state index < -0.39 is 0 Å². The smallest absolute Gasteiger partial charge is 0.224 e. The van der Waals surface area contributed by atoms with Crippen LogP contribution in [0.2, 0.25) is 5.02 Å². The Morgan fingerprint density at radius 3 is 2.63 bits per heavy atom. The van der Waals surface area contributed by atoms with Crippen LogP contribution in [0.25, 0.3) is 16.9 Å². The van der Waals surface area contributed by atoms with E-state index in [1.54, 1.807) is 34.8 Å². The van der Waals surface area contributed by atoms with Crippen LogP contribution < -0.4 is 5.32 Å². The summed E-state index contributed by atoms with van der Waals surface area (Å²) in [5.41, 5.74) is 5.49. The van der Waals surface area contributed by atoms with E-state index >= 15 is 0 Å². The van der Waals surface area contributed by atoms with Crippen LogP contribution in [0.4, 0.5) is 10.1 Å². The second-order valence-electron chi connectivity index (χ2n) is 7.13. The number of carbonyl (C=O) groups excluding carboxylic acids is 1. The van der Waals surface area contributed by atoms with Crippen molar-refractivity contribution in [1.82, 2.24) is 14.6 Å². The van der Waals surface area contributed by atoms with Crippen LogP contribution in [0.15, 0.2) is 54.6 Å². The van der Waals surface area contributed by atoms with Gasteiger partial charge in [0.05, 0.1) is 5.69 Å². The van der Waals surface area contributed by atoms with Gasteiger partial charge in [0.2, 0.25) is 5.91 Å². The maximum atomic E-state index is 13.6. The van der Waals surface area contributed by atoms with E-state index in [1.165, 1.54) is 12.1 Å². The highest BCUT2D eigenvalue weighted by Crippen LogP contribution is 2.23. The van der Waals surface area contributed by atoms with E-state index in [-0.39, 0.29) is 11.7 Å². The molecule has 0 fully saturated rings. The molecule has 0 spiro atoms. The van der Waals surface area contributed by atoms with Gasteiger partial charge in [0, 0.05) is 40.1 Å². The maximum Gasteiger partial charge on any atom is 0.224 e. The SMILES string of the molecule is Cc1nc2cc(-c3cccc(F)c3)nn2c(C)c1CCC(=O)Nc1ccc(Cl)cc1. The highest BCUT2D eigenvalue weighted by atomic mass is 35.5. The Balaban J connectivity index is 1.55. The number of benzene rings is 2. The Morgan fingerprint density at radius 2 is 1.90 bits per heavy atom. The summed E-state index contributed by atoms with van der Waals surface area (Å²) < 4.78 is 15.3. The summed E-state index contributed by atoms with van der Waals surface area (Å²) in [7, 11) is 0. The number of aromatic nitrogens is 3. The largest absolute Gasteiger partial charge is 0.326 e. The van der Waals surface area contributed by atoms with Gasteiger partial charge >= 0.3 is 0 Å². The molecule has 152 valence electrons. The molecule has 0 aliphatic rings. The van der Waals surface area contributed by atoms with E-state index in [4.69, 9.17) is 11.6 Å². The Labute approximate surface area is 178 Å². The summed E-state index contributed by atoms with van der Waals surface area (Å²) in [6.45, 7) is 3.88.